The molecule has 2 aromatic heterocycles. The molecule has 0 radical (unpaired) electrons. The Labute approximate surface area is 216 Å². The third-order valence-corrected chi connectivity index (χ3v) is 6.47. The van der Waals surface area contributed by atoms with E-state index in [-0.39, 0.29) is 0 Å². The molecule has 0 amide bonds. The van der Waals surface area contributed by atoms with E-state index in [1.807, 2.05) is 65.3 Å². The highest BCUT2D eigenvalue weighted by Crippen LogP contribution is 2.12. The number of likely N-dealkylation sites (tertiary alicyclic amines) is 2. The van der Waals surface area contributed by atoms with Gasteiger partial charge in [0.1, 0.15) is 5.65 Å². The van der Waals surface area contributed by atoms with Crippen LogP contribution in [0.3, 0.4) is 0 Å². The van der Waals surface area contributed by atoms with E-state index in [9.17, 15) is 0 Å². The lowest BCUT2D eigenvalue weighted by atomic mass is 10.1. The van der Waals surface area contributed by atoms with E-state index in [0.29, 0.717) is 11.9 Å². The SMILES string of the molecule is N/C(=N/N=C/c1ccc(/C=C/c2cn3cc(/C=N/N=C(/N)N4CCCC4)ccc3n2)cc1)N1CCCC1. The predicted octanol–water partition coefficient (Wildman–Crippen LogP) is 2.99. The fourth-order valence-electron chi connectivity index (χ4n) is 4.39. The maximum Gasteiger partial charge on any atom is 0.216 e. The number of fused-ring (bicyclic) bond motifs is 1. The van der Waals surface area contributed by atoms with Crippen molar-refractivity contribution in [2.24, 2.45) is 31.9 Å². The van der Waals surface area contributed by atoms with Gasteiger partial charge < -0.3 is 25.7 Å². The number of guanidine groups is 2. The molecule has 4 N–H and O–H groups in total. The van der Waals surface area contributed by atoms with Crippen LogP contribution in [0.5, 0.6) is 0 Å². The zero-order valence-electron chi connectivity index (χ0n) is 20.8. The number of benzene rings is 1. The molecule has 2 aliphatic heterocycles. The molecule has 10 nitrogen and oxygen atoms in total. The fourth-order valence-corrected chi connectivity index (χ4v) is 4.39. The molecule has 5 rings (SSSR count). The van der Waals surface area contributed by atoms with Gasteiger partial charge in [0.2, 0.25) is 11.9 Å². The van der Waals surface area contributed by atoms with E-state index in [0.717, 1.165) is 79.9 Å². The average Bonchev–Trinajstić information content (AvgIpc) is 3.70. The maximum atomic E-state index is 6.00. The van der Waals surface area contributed by atoms with Crippen molar-refractivity contribution in [3.05, 3.63) is 71.2 Å². The molecule has 0 saturated carbocycles. The Balaban J connectivity index is 1.19. The van der Waals surface area contributed by atoms with Gasteiger partial charge in [0.25, 0.3) is 0 Å². The smallest absolute Gasteiger partial charge is 0.216 e. The van der Waals surface area contributed by atoms with Gasteiger partial charge in [-0.1, -0.05) is 30.3 Å². The maximum absolute atomic E-state index is 6.00. The summed E-state index contributed by atoms with van der Waals surface area (Å²) in [5, 5.41) is 16.5. The van der Waals surface area contributed by atoms with E-state index in [1.54, 1.807) is 12.4 Å². The minimum absolute atomic E-state index is 0.473. The lowest BCUT2D eigenvalue weighted by Crippen LogP contribution is -2.34. The van der Waals surface area contributed by atoms with Crippen LogP contribution < -0.4 is 11.5 Å². The molecular weight excluding hydrogens is 464 g/mol. The third kappa shape index (κ3) is 6.40. The zero-order chi connectivity index (χ0) is 25.5. The molecule has 37 heavy (non-hydrogen) atoms. The van der Waals surface area contributed by atoms with Crippen LogP contribution in [0.4, 0.5) is 0 Å². The summed E-state index contributed by atoms with van der Waals surface area (Å²) in [6.07, 6.45) is 16.0. The number of hydrogen-bond donors (Lipinski definition) is 2. The van der Waals surface area contributed by atoms with Gasteiger partial charge in [0.05, 0.1) is 18.1 Å². The number of pyridine rings is 1. The number of nitrogens with two attached hydrogens (primary N) is 2. The second kappa shape index (κ2) is 11.5. The van der Waals surface area contributed by atoms with E-state index in [2.05, 4.69) is 35.2 Å². The van der Waals surface area contributed by atoms with E-state index >= 15 is 0 Å². The van der Waals surface area contributed by atoms with Crippen LogP contribution in [0.1, 0.15) is 48.1 Å². The van der Waals surface area contributed by atoms with E-state index in [1.165, 1.54) is 0 Å². The molecule has 0 bridgehead atoms. The summed E-state index contributed by atoms with van der Waals surface area (Å²) in [5.41, 5.74) is 16.6. The van der Waals surface area contributed by atoms with Gasteiger partial charge in [0, 0.05) is 44.1 Å². The largest absolute Gasteiger partial charge is 0.368 e. The van der Waals surface area contributed by atoms with E-state index in [4.69, 9.17) is 11.5 Å². The molecule has 0 spiro atoms. The van der Waals surface area contributed by atoms with Crippen molar-refractivity contribution in [3.8, 4) is 0 Å². The van der Waals surface area contributed by atoms with Gasteiger partial charge in [-0.2, -0.15) is 10.2 Å². The molecule has 3 aromatic rings. The molecular formula is C27H32N10. The Morgan fingerprint density at radius 1 is 0.676 bits per heavy atom. The zero-order valence-corrected chi connectivity index (χ0v) is 20.8. The second-order valence-corrected chi connectivity index (χ2v) is 9.19. The molecule has 0 aliphatic carbocycles. The monoisotopic (exact) mass is 496 g/mol. The Hall–Kier alpha value is -4.47. The predicted molar refractivity (Wildman–Crippen MR) is 151 cm³/mol. The Morgan fingerprint density at radius 3 is 1.84 bits per heavy atom. The second-order valence-electron chi connectivity index (χ2n) is 9.19. The Kier molecular flexibility index (Phi) is 7.54. The Bertz CT molecular complexity index is 1350. The first-order chi connectivity index (χ1) is 18.1. The lowest BCUT2D eigenvalue weighted by molar-refractivity contribution is 0.511. The summed E-state index contributed by atoms with van der Waals surface area (Å²) in [7, 11) is 0. The van der Waals surface area contributed by atoms with Crippen molar-refractivity contribution in [2.75, 3.05) is 26.2 Å². The Morgan fingerprint density at radius 2 is 1.22 bits per heavy atom. The molecule has 2 aliphatic rings. The summed E-state index contributed by atoms with van der Waals surface area (Å²) in [6, 6.07) is 12.0. The highest BCUT2D eigenvalue weighted by atomic mass is 15.4. The van der Waals surface area contributed by atoms with Gasteiger partial charge in [-0.3, -0.25) is 0 Å². The van der Waals surface area contributed by atoms with Gasteiger partial charge in [-0.05, 0) is 55.0 Å². The van der Waals surface area contributed by atoms with Crippen LogP contribution in [0.2, 0.25) is 0 Å². The normalized spacial score (nSPS) is 17.5. The molecule has 4 heterocycles. The van der Waals surface area contributed by atoms with Crippen molar-refractivity contribution in [2.45, 2.75) is 25.7 Å². The highest BCUT2D eigenvalue weighted by molar-refractivity contribution is 5.84. The molecule has 0 atom stereocenters. The van der Waals surface area contributed by atoms with Crippen LogP contribution >= 0.6 is 0 Å². The molecule has 190 valence electrons. The topological polar surface area (TPSA) is 125 Å². The first-order valence-corrected chi connectivity index (χ1v) is 12.6. The van der Waals surface area contributed by atoms with Crippen LogP contribution in [-0.2, 0) is 0 Å². The number of hydrogen-bond acceptors (Lipinski definition) is 5. The van der Waals surface area contributed by atoms with Gasteiger partial charge in [-0.25, -0.2) is 4.98 Å². The minimum Gasteiger partial charge on any atom is -0.368 e. The highest BCUT2D eigenvalue weighted by Gasteiger charge is 2.13. The number of imidazole rings is 1. The van der Waals surface area contributed by atoms with Crippen molar-refractivity contribution in [1.82, 2.24) is 19.2 Å². The van der Waals surface area contributed by atoms with Crippen LogP contribution in [-0.4, -0.2) is 69.7 Å². The molecule has 1 aromatic carbocycles. The van der Waals surface area contributed by atoms with Crippen LogP contribution in [0, 0.1) is 0 Å². The standard InChI is InChI=1S/C27H32N10/c28-26(35-13-1-2-14-35)33-30-17-22-7-5-21(6-8-22)9-11-24-20-37-19-23(10-12-25(37)32-24)18-31-34-27(29)36-15-3-4-16-36/h5-12,17-20H,1-4,13-16H2,(H2,28,33)(H2,29,34)/b11-9+,30-17+,31-18+. The number of aromatic nitrogens is 2. The quantitative estimate of drug-likeness (QED) is 0.308. The van der Waals surface area contributed by atoms with Gasteiger partial charge in [-0.15, -0.1) is 10.2 Å². The minimum atomic E-state index is 0.473. The summed E-state index contributed by atoms with van der Waals surface area (Å²) >= 11 is 0. The summed E-state index contributed by atoms with van der Waals surface area (Å²) < 4.78 is 1.97. The summed E-state index contributed by atoms with van der Waals surface area (Å²) in [6.45, 7) is 3.81. The lowest BCUT2D eigenvalue weighted by Gasteiger charge is -2.13. The van der Waals surface area contributed by atoms with Gasteiger partial charge in [0.15, 0.2) is 0 Å². The molecule has 10 heteroatoms. The van der Waals surface area contributed by atoms with Crippen LogP contribution in [0.15, 0.2) is 69.2 Å². The van der Waals surface area contributed by atoms with Crippen molar-refractivity contribution in [3.63, 3.8) is 0 Å². The number of rotatable bonds is 6. The number of nitrogens with zero attached hydrogens (tertiary/aromatic N) is 8. The third-order valence-electron chi connectivity index (χ3n) is 6.47. The average molecular weight is 497 g/mol. The molecule has 0 unspecified atom stereocenters. The van der Waals surface area contributed by atoms with Gasteiger partial charge >= 0.3 is 0 Å². The first kappa shape index (κ1) is 24.2. The summed E-state index contributed by atoms with van der Waals surface area (Å²) in [4.78, 5) is 8.77. The van der Waals surface area contributed by atoms with Crippen LogP contribution in [0.25, 0.3) is 17.8 Å². The fraction of sp³-hybridized carbons (Fsp3) is 0.296. The first-order valence-electron chi connectivity index (χ1n) is 12.6. The van der Waals surface area contributed by atoms with Crippen molar-refractivity contribution >= 4 is 42.1 Å². The molecule has 2 fully saturated rings. The summed E-state index contributed by atoms with van der Waals surface area (Å²) in [5.74, 6) is 0.955. The van der Waals surface area contributed by atoms with Crippen molar-refractivity contribution in [1.29, 1.82) is 0 Å². The molecule has 2 saturated heterocycles. The van der Waals surface area contributed by atoms with E-state index < -0.39 is 0 Å². The van der Waals surface area contributed by atoms with Crippen molar-refractivity contribution < 1.29 is 0 Å².